The molecular formula is C24H27N3O6S2. The molecule has 1 aromatic heterocycles. The number of thiazole rings is 1. The SMILES string of the molecule is COC(=O)Cn1c(=NC(=O)c2ccc(S(=O)(=O)N3CCCCCC3)cc2)sc2cc(OC)ccc21. The second-order valence-electron chi connectivity index (χ2n) is 8.14. The van der Waals surface area contributed by atoms with Crippen LogP contribution in [0.2, 0.25) is 0 Å². The highest BCUT2D eigenvalue weighted by Crippen LogP contribution is 2.24. The number of aromatic nitrogens is 1. The molecule has 0 saturated carbocycles. The molecule has 35 heavy (non-hydrogen) atoms. The molecular weight excluding hydrogens is 490 g/mol. The number of fused-ring (bicyclic) bond motifs is 1. The van der Waals surface area contributed by atoms with E-state index in [0.29, 0.717) is 29.2 Å². The van der Waals surface area contributed by atoms with Gasteiger partial charge in [0.2, 0.25) is 10.0 Å². The third kappa shape index (κ3) is 5.47. The van der Waals surface area contributed by atoms with Gasteiger partial charge < -0.3 is 14.0 Å². The standard InChI is InChI=1S/C24H27N3O6S2/c1-32-18-9-12-20-21(15-18)34-24(27(20)16-22(28)33-2)25-23(29)17-7-10-19(11-8-17)35(30,31)26-13-5-3-4-6-14-26/h7-12,15H,3-6,13-14,16H2,1-2H3. The van der Waals surface area contributed by atoms with E-state index < -0.39 is 21.9 Å². The molecule has 0 unspecified atom stereocenters. The summed E-state index contributed by atoms with van der Waals surface area (Å²) in [7, 11) is -0.754. The Hall–Kier alpha value is -3.02. The Morgan fingerprint density at radius 2 is 1.69 bits per heavy atom. The number of rotatable bonds is 6. The van der Waals surface area contributed by atoms with Crippen molar-refractivity contribution < 1.29 is 27.5 Å². The van der Waals surface area contributed by atoms with Crippen LogP contribution in [-0.2, 0) is 26.1 Å². The molecule has 4 rings (SSSR count). The zero-order valence-electron chi connectivity index (χ0n) is 19.6. The van der Waals surface area contributed by atoms with Gasteiger partial charge in [0.1, 0.15) is 12.3 Å². The molecule has 0 radical (unpaired) electrons. The van der Waals surface area contributed by atoms with E-state index in [1.807, 2.05) is 0 Å². The Morgan fingerprint density at radius 1 is 1.00 bits per heavy atom. The lowest BCUT2D eigenvalue weighted by molar-refractivity contribution is -0.141. The molecule has 0 bridgehead atoms. The van der Waals surface area contributed by atoms with Gasteiger partial charge >= 0.3 is 5.97 Å². The summed E-state index contributed by atoms with van der Waals surface area (Å²) >= 11 is 1.24. The number of nitrogens with zero attached hydrogens (tertiary/aromatic N) is 3. The van der Waals surface area contributed by atoms with Crippen LogP contribution in [0.25, 0.3) is 10.2 Å². The first-order valence-corrected chi connectivity index (χ1v) is 13.5. The van der Waals surface area contributed by atoms with Crippen molar-refractivity contribution in [3.63, 3.8) is 0 Å². The fourth-order valence-electron chi connectivity index (χ4n) is 3.96. The molecule has 0 N–H and O–H groups in total. The highest BCUT2D eigenvalue weighted by atomic mass is 32.2. The minimum atomic E-state index is -3.61. The fraction of sp³-hybridized carbons (Fsp3) is 0.375. The lowest BCUT2D eigenvalue weighted by atomic mass is 10.2. The zero-order valence-corrected chi connectivity index (χ0v) is 21.2. The van der Waals surface area contributed by atoms with Crippen LogP contribution in [0.4, 0.5) is 0 Å². The molecule has 2 aromatic carbocycles. The fourth-order valence-corrected chi connectivity index (χ4v) is 6.54. The number of esters is 1. The molecule has 1 aliphatic heterocycles. The molecule has 1 fully saturated rings. The number of ether oxygens (including phenoxy) is 2. The van der Waals surface area contributed by atoms with Crippen molar-refractivity contribution >= 4 is 43.5 Å². The topological polar surface area (TPSA) is 107 Å². The highest BCUT2D eigenvalue weighted by Gasteiger charge is 2.25. The highest BCUT2D eigenvalue weighted by molar-refractivity contribution is 7.89. The molecule has 1 amide bonds. The summed E-state index contributed by atoms with van der Waals surface area (Å²) in [5, 5.41) is 0. The van der Waals surface area contributed by atoms with Crippen molar-refractivity contribution in [2.75, 3.05) is 27.3 Å². The molecule has 186 valence electrons. The summed E-state index contributed by atoms with van der Waals surface area (Å²) in [6.45, 7) is 0.909. The average molecular weight is 518 g/mol. The van der Waals surface area contributed by atoms with Crippen molar-refractivity contribution in [2.24, 2.45) is 4.99 Å². The Labute approximate surface area is 207 Å². The second kappa shape index (κ2) is 10.7. The Kier molecular flexibility index (Phi) is 7.68. The molecule has 2 heterocycles. The van der Waals surface area contributed by atoms with E-state index in [9.17, 15) is 18.0 Å². The summed E-state index contributed by atoms with van der Waals surface area (Å²) < 4.78 is 40.0. The van der Waals surface area contributed by atoms with Crippen LogP contribution in [0.1, 0.15) is 36.0 Å². The predicted octanol–water partition coefficient (Wildman–Crippen LogP) is 3.19. The van der Waals surface area contributed by atoms with Gasteiger partial charge in [-0.1, -0.05) is 24.2 Å². The maximum Gasteiger partial charge on any atom is 0.325 e. The molecule has 0 atom stereocenters. The molecule has 0 aliphatic carbocycles. The lowest BCUT2D eigenvalue weighted by Gasteiger charge is -2.19. The van der Waals surface area contributed by atoms with Crippen LogP contribution in [0, 0.1) is 0 Å². The van der Waals surface area contributed by atoms with Crippen molar-refractivity contribution in [1.82, 2.24) is 8.87 Å². The van der Waals surface area contributed by atoms with Gasteiger partial charge in [0.05, 0.1) is 29.3 Å². The maximum absolute atomic E-state index is 13.0. The number of hydrogen-bond acceptors (Lipinski definition) is 7. The van der Waals surface area contributed by atoms with E-state index in [2.05, 4.69) is 4.99 Å². The normalized spacial score (nSPS) is 15.7. The molecule has 1 saturated heterocycles. The largest absolute Gasteiger partial charge is 0.497 e. The number of hydrogen-bond donors (Lipinski definition) is 0. The van der Waals surface area contributed by atoms with E-state index >= 15 is 0 Å². The van der Waals surface area contributed by atoms with Gasteiger partial charge in [0, 0.05) is 18.7 Å². The molecule has 3 aromatic rings. The minimum absolute atomic E-state index is 0.109. The molecule has 0 spiro atoms. The average Bonchev–Trinajstić information content (AvgIpc) is 3.03. The minimum Gasteiger partial charge on any atom is -0.497 e. The smallest absolute Gasteiger partial charge is 0.325 e. The Morgan fingerprint density at radius 3 is 2.31 bits per heavy atom. The lowest BCUT2D eigenvalue weighted by Crippen LogP contribution is -2.31. The van der Waals surface area contributed by atoms with Crippen molar-refractivity contribution in [2.45, 2.75) is 37.1 Å². The number of methoxy groups -OCH3 is 2. The number of carbonyl (C=O) groups excluding carboxylic acids is 2. The summed E-state index contributed by atoms with van der Waals surface area (Å²) in [6, 6.07) is 11.2. The summed E-state index contributed by atoms with van der Waals surface area (Å²) in [6.07, 6.45) is 3.76. The van der Waals surface area contributed by atoms with Crippen LogP contribution in [0.5, 0.6) is 5.75 Å². The maximum atomic E-state index is 13.0. The Balaban J connectivity index is 1.66. The van der Waals surface area contributed by atoms with Crippen molar-refractivity contribution in [1.29, 1.82) is 0 Å². The van der Waals surface area contributed by atoms with E-state index in [0.717, 1.165) is 30.4 Å². The van der Waals surface area contributed by atoms with Gasteiger partial charge in [0.25, 0.3) is 5.91 Å². The summed E-state index contributed by atoms with van der Waals surface area (Å²) in [4.78, 5) is 29.7. The summed E-state index contributed by atoms with van der Waals surface area (Å²) in [5.74, 6) is -0.374. The second-order valence-corrected chi connectivity index (χ2v) is 11.1. The predicted molar refractivity (Wildman–Crippen MR) is 132 cm³/mol. The summed E-state index contributed by atoms with van der Waals surface area (Å²) in [5.41, 5.74) is 0.964. The zero-order chi connectivity index (χ0) is 25.0. The van der Waals surface area contributed by atoms with Crippen LogP contribution in [-0.4, -0.2) is 56.5 Å². The van der Waals surface area contributed by atoms with E-state index in [4.69, 9.17) is 9.47 Å². The number of carbonyl (C=O) groups is 2. The third-order valence-corrected chi connectivity index (χ3v) is 8.86. The number of amides is 1. The van der Waals surface area contributed by atoms with Crippen molar-refractivity contribution in [3.8, 4) is 5.75 Å². The molecule has 1 aliphatic rings. The van der Waals surface area contributed by atoms with Crippen LogP contribution >= 0.6 is 11.3 Å². The Bertz CT molecular complexity index is 1400. The first kappa shape index (κ1) is 25.1. The van der Waals surface area contributed by atoms with Gasteiger partial charge in [-0.3, -0.25) is 9.59 Å². The van der Waals surface area contributed by atoms with Gasteiger partial charge in [-0.2, -0.15) is 9.30 Å². The molecule has 9 nitrogen and oxygen atoms in total. The van der Waals surface area contributed by atoms with Gasteiger partial charge in [-0.25, -0.2) is 8.42 Å². The van der Waals surface area contributed by atoms with Crippen LogP contribution in [0.15, 0.2) is 52.4 Å². The quantitative estimate of drug-likeness (QED) is 0.465. The van der Waals surface area contributed by atoms with Crippen LogP contribution in [0.3, 0.4) is 0 Å². The van der Waals surface area contributed by atoms with Gasteiger partial charge in [-0.05, 0) is 55.3 Å². The molecule has 11 heteroatoms. The van der Waals surface area contributed by atoms with E-state index in [1.165, 1.54) is 47.0 Å². The van der Waals surface area contributed by atoms with E-state index in [-0.39, 0.29) is 17.0 Å². The number of benzene rings is 2. The first-order chi connectivity index (χ1) is 16.8. The first-order valence-electron chi connectivity index (χ1n) is 11.3. The number of sulfonamides is 1. The third-order valence-electron chi connectivity index (χ3n) is 5.91. The van der Waals surface area contributed by atoms with Crippen LogP contribution < -0.4 is 9.54 Å². The van der Waals surface area contributed by atoms with E-state index in [1.54, 1.807) is 29.9 Å². The monoisotopic (exact) mass is 517 g/mol. The van der Waals surface area contributed by atoms with Gasteiger partial charge in [-0.15, -0.1) is 0 Å². The van der Waals surface area contributed by atoms with Crippen molar-refractivity contribution in [3.05, 3.63) is 52.8 Å². The van der Waals surface area contributed by atoms with Gasteiger partial charge in [0.15, 0.2) is 4.80 Å².